The third-order valence-corrected chi connectivity index (χ3v) is 6.19. The molecule has 0 aliphatic carbocycles. The van der Waals surface area contributed by atoms with Crippen LogP contribution >= 0.6 is 0 Å². The number of nitrogens with zero attached hydrogens (tertiary/aromatic N) is 1. The number of rotatable bonds is 4. The SMILES string of the molecule is O=C(NCCc1c[nH]c2ccccc12)N1CCC(c2c[nH]c3ccccc23)CC1. The van der Waals surface area contributed by atoms with Crippen LogP contribution in [0.1, 0.15) is 29.9 Å². The number of piperidine rings is 1. The van der Waals surface area contributed by atoms with Gasteiger partial charge in [-0.2, -0.15) is 0 Å². The number of carbonyl (C=O) groups is 1. The van der Waals surface area contributed by atoms with E-state index in [0.717, 1.165) is 37.9 Å². The van der Waals surface area contributed by atoms with E-state index in [2.05, 4.69) is 63.9 Å². The Bertz CT molecular complexity index is 1130. The molecular formula is C24H26N4O. The maximum absolute atomic E-state index is 12.6. The number of hydrogen-bond donors (Lipinski definition) is 3. The van der Waals surface area contributed by atoms with Crippen molar-refractivity contribution >= 4 is 27.8 Å². The molecule has 0 atom stereocenters. The topological polar surface area (TPSA) is 63.9 Å². The fourth-order valence-electron chi connectivity index (χ4n) is 4.58. The predicted molar refractivity (Wildman–Crippen MR) is 117 cm³/mol. The minimum atomic E-state index is 0.0576. The van der Waals surface area contributed by atoms with E-state index < -0.39 is 0 Å². The van der Waals surface area contributed by atoms with Crippen LogP contribution in [0.4, 0.5) is 4.79 Å². The Labute approximate surface area is 170 Å². The zero-order chi connectivity index (χ0) is 19.6. The minimum absolute atomic E-state index is 0.0576. The molecule has 5 nitrogen and oxygen atoms in total. The number of hydrogen-bond acceptors (Lipinski definition) is 1. The number of fused-ring (bicyclic) bond motifs is 2. The largest absolute Gasteiger partial charge is 0.361 e. The smallest absolute Gasteiger partial charge is 0.317 e. The summed E-state index contributed by atoms with van der Waals surface area (Å²) in [6.07, 6.45) is 7.05. The first-order chi connectivity index (χ1) is 14.3. The summed E-state index contributed by atoms with van der Waals surface area (Å²) >= 11 is 0. The highest BCUT2D eigenvalue weighted by molar-refractivity contribution is 5.84. The molecule has 0 saturated carbocycles. The molecule has 0 unspecified atom stereocenters. The van der Waals surface area contributed by atoms with E-state index in [1.165, 1.54) is 27.4 Å². The molecule has 1 aliphatic rings. The van der Waals surface area contributed by atoms with E-state index in [-0.39, 0.29) is 6.03 Å². The van der Waals surface area contributed by atoms with Gasteiger partial charge in [0.25, 0.3) is 0 Å². The lowest BCUT2D eigenvalue weighted by Gasteiger charge is -2.32. The first kappa shape index (κ1) is 17.9. The summed E-state index contributed by atoms with van der Waals surface area (Å²) in [5.41, 5.74) is 4.98. The summed E-state index contributed by atoms with van der Waals surface area (Å²) in [7, 11) is 0. The van der Waals surface area contributed by atoms with Gasteiger partial charge in [0.15, 0.2) is 0 Å². The number of aromatic nitrogens is 2. The van der Waals surface area contributed by atoms with Gasteiger partial charge in [0.05, 0.1) is 0 Å². The molecule has 4 aromatic rings. The zero-order valence-electron chi connectivity index (χ0n) is 16.4. The van der Waals surface area contributed by atoms with Crippen LogP contribution in [0, 0.1) is 0 Å². The van der Waals surface area contributed by atoms with Gasteiger partial charge in [0.2, 0.25) is 0 Å². The Kier molecular flexibility index (Phi) is 4.72. The number of urea groups is 1. The van der Waals surface area contributed by atoms with Gasteiger partial charge < -0.3 is 20.2 Å². The Hall–Kier alpha value is -3.21. The van der Waals surface area contributed by atoms with Gasteiger partial charge in [0, 0.05) is 53.8 Å². The summed E-state index contributed by atoms with van der Waals surface area (Å²) < 4.78 is 0. The summed E-state index contributed by atoms with van der Waals surface area (Å²) in [4.78, 5) is 21.2. The molecule has 1 fully saturated rings. The molecule has 3 heterocycles. The molecule has 0 bridgehead atoms. The number of nitrogens with one attached hydrogen (secondary N) is 3. The molecule has 2 aromatic heterocycles. The first-order valence-electron chi connectivity index (χ1n) is 10.4. The van der Waals surface area contributed by atoms with Gasteiger partial charge in [-0.05, 0) is 48.4 Å². The summed E-state index contributed by atoms with van der Waals surface area (Å²) in [5.74, 6) is 0.515. The summed E-state index contributed by atoms with van der Waals surface area (Å²) in [6.45, 7) is 2.27. The molecule has 5 rings (SSSR count). The monoisotopic (exact) mass is 386 g/mol. The van der Waals surface area contributed by atoms with Gasteiger partial charge in [-0.3, -0.25) is 0 Å². The number of benzene rings is 2. The van der Waals surface area contributed by atoms with E-state index >= 15 is 0 Å². The molecule has 148 valence electrons. The maximum Gasteiger partial charge on any atom is 0.317 e. The Morgan fingerprint density at radius 1 is 0.931 bits per heavy atom. The lowest BCUT2D eigenvalue weighted by molar-refractivity contribution is 0.181. The van der Waals surface area contributed by atoms with Crippen LogP contribution in [0.25, 0.3) is 21.8 Å². The van der Waals surface area contributed by atoms with Crippen molar-refractivity contribution in [2.75, 3.05) is 19.6 Å². The molecule has 0 radical (unpaired) electrons. The fraction of sp³-hybridized carbons (Fsp3) is 0.292. The molecular weight excluding hydrogens is 360 g/mol. The fourth-order valence-corrected chi connectivity index (χ4v) is 4.58. The molecule has 1 saturated heterocycles. The highest BCUT2D eigenvalue weighted by Gasteiger charge is 2.25. The number of amides is 2. The van der Waals surface area contributed by atoms with Crippen molar-refractivity contribution in [3.05, 3.63) is 72.1 Å². The van der Waals surface area contributed by atoms with Crippen LogP contribution in [-0.4, -0.2) is 40.5 Å². The number of para-hydroxylation sites is 2. The zero-order valence-corrected chi connectivity index (χ0v) is 16.4. The van der Waals surface area contributed by atoms with Crippen LogP contribution in [0.5, 0.6) is 0 Å². The molecule has 5 heteroatoms. The second-order valence-electron chi connectivity index (χ2n) is 7.89. The van der Waals surface area contributed by atoms with E-state index in [0.29, 0.717) is 12.5 Å². The summed E-state index contributed by atoms with van der Waals surface area (Å²) in [5, 5.41) is 5.65. The van der Waals surface area contributed by atoms with Gasteiger partial charge in [0.1, 0.15) is 0 Å². The Balaban J connectivity index is 1.14. The van der Waals surface area contributed by atoms with Crippen LogP contribution in [0.3, 0.4) is 0 Å². The summed E-state index contributed by atoms with van der Waals surface area (Å²) in [6, 6.07) is 16.8. The Morgan fingerprint density at radius 3 is 2.38 bits per heavy atom. The van der Waals surface area contributed by atoms with Crippen molar-refractivity contribution in [1.29, 1.82) is 0 Å². The van der Waals surface area contributed by atoms with E-state index in [1.807, 2.05) is 17.2 Å². The highest BCUT2D eigenvalue weighted by atomic mass is 16.2. The number of aromatic amines is 2. The Morgan fingerprint density at radius 2 is 1.59 bits per heavy atom. The van der Waals surface area contributed by atoms with Crippen LogP contribution in [0.2, 0.25) is 0 Å². The average molecular weight is 386 g/mol. The molecule has 1 aliphatic heterocycles. The third kappa shape index (κ3) is 3.48. The maximum atomic E-state index is 12.6. The van der Waals surface area contributed by atoms with Gasteiger partial charge in [-0.15, -0.1) is 0 Å². The van der Waals surface area contributed by atoms with E-state index in [1.54, 1.807) is 0 Å². The molecule has 0 spiro atoms. The van der Waals surface area contributed by atoms with Crippen LogP contribution < -0.4 is 5.32 Å². The lowest BCUT2D eigenvalue weighted by Crippen LogP contribution is -2.44. The quantitative estimate of drug-likeness (QED) is 0.464. The number of H-pyrrole nitrogens is 2. The second-order valence-corrected chi connectivity index (χ2v) is 7.89. The number of likely N-dealkylation sites (tertiary alicyclic amines) is 1. The predicted octanol–water partition coefficient (Wildman–Crippen LogP) is 4.78. The standard InChI is InChI=1S/C24H26N4O/c29-24(25-12-9-18-15-26-22-7-3-1-5-19(18)22)28-13-10-17(11-14-28)21-16-27-23-8-4-2-6-20(21)23/h1-8,15-17,26-27H,9-14H2,(H,25,29). The van der Waals surface area contributed by atoms with E-state index in [9.17, 15) is 4.79 Å². The van der Waals surface area contributed by atoms with Crippen molar-refractivity contribution in [2.24, 2.45) is 0 Å². The highest BCUT2D eigenvalue weighted by Crippen LogP contribution is 2.33. The molecule has 2 amide bonds. The molecule has 2 aromatic carbocycles. The number of carbonyl (C=O) groups excluding carboxylic acids is 1. The minimum Gasteiger partial charge on any atom is -0.361 e. The normalized spacial score (nSPS) is 15.2. The third-order valence-electron chi connectivity index (χ3n) is 6.19. The van der Waals surface area contributed by atoms with Crippen molar-refractivity contribution in [3.8, 4) is 0 Å². The molecule has 3 N–H and O–H groups in total. The van der Waals surface area contributed by atoms with Gasteiger partial charge in [-0.1, -0.05) is 36.4 Å². The first-order valence-corrected chi connectivity index (χ1v) is 10.4. The lowest BCUT2D eigenvalue weighted by atomic mass is 9.89. The van der Waals surface area contributed by atoms with Crippen molar-refractivity contribution < 1.29 is 4.79 Å². The van der Waals surface area contributed by atoms with Crippen molar-refractivity contribution in [3.63, 3.8) is 0 Å². The van der Waals surface area contributed by atoms with Crippen molar-refractivity contribution in [1.82, 2.24) is 20.2 Å². The van der Waals surface area contributed by atoms with Crippen LogP contribution in [-0.2, 0) is 6.42 Å². The van der Waals surface area contributed by atoms with Crippen LogP contribution in [0.15, 0.2) is 60.9 Å². The van der Waals surface area contributed by atoms with Gasteiger partial charge in [-0.25, -0.2) is 4.79 Å². The van der Waals surface area contributed by atoms with Gasteiger partial charge >= 0.3 is 6.03 Å². The second kappa shape index (κ2) is 7.66. The average Bonchev–Trinajstić information content (AvgIpc) is 3.38. The van der Waals surface area contributed by atoms with E-state index in [4.69, 9.17) is 0 Å². The molecule has 29 heavy (non-hydrogen) atoms. The van der Waals surface area contributed by atoms with Crippen molar-refractivity contribution in [2.45, 2.75) is 25.2 Å².